The third-order valence-electron chi connectivity index (χ3n) is 5.41. The van der Waals surface area contributed by atoms with E-state index in [1.807, 2.05) is 36.4 Å². The summed E-state index contributed by atoms with van der Waals surface area (Å²) in [5.41, 5.74) is 2.06. The molecule has 0 bridgehead atoms. The van der Waals surface area contributed by atoms with Gasteiger partial charge in [0, 0.05) is 16.6 Å². The molecule has 2 aromatic carbocycles. The zero-order valence-electron chi connectivity index (χ0n) is 13.3. The van der Waals surface area contributed by atoms with Gasteiger partial charge in [-0.3, -0.25) is 4.79 Å². The van der Waals surface area contributed by atoms with E-state index in [2.05, 4.69) is 17.4 Å². The van der Waals surface area contributed by atoms with Crippen LogP contribution in [0.25, 0.3) is 0 Å². The zero-order chi connectivity index (χ0) is 16.7. The van der Waals surface area contributed by atoms with E-state index in [1.165, 1.54) is 5.56 Å². The monoisotopic (exact) mass is 359 g/mol. The predicted molar refractivity (Wildman–Crippen MR) is 98.0 cm³/mol. The second-order valence-corrected chi connectivity index (χ2v) is 7.77. The molecule has 0 amide bonds. The first kappa shape index (κ1) is 16.1. The van der Waals surface area contributed by atoms with E-state index in [4.69, 9.17) is 23.2 Å². The molecule has 0 aromatic heterocycles. The van der Waals surface area contributed by atoms with E-state index >= 15 is 0 Å². The molecule has 1 aliphatic heterocycles. The maximum atomic E-state index is 13.1. The van der Waals surface area contributed by atoms with Crippen LogP contribution < -0.4 is 5.32 Å². The van der Waals surface area contributed by atoms with Crippen molar-refractivity contribution in [2.75, 3.05) is 6.54 Å². The smallest absolute Gasteiger partial charge is 0.160 e. The fourth-order valence-corrected chi connectivity index (χ4v) is 4.08. The van der Waals surface area contributed by atoms with Gasteiger partial charge in [0.1, 0.15) is 0 Å². The molecule has 2 unspecified atom stereocenters. The van der Waals surface area contributed by atoms with Crippen LogP contribution >= 0.6 is 23.2 Å². The molecule has 2 aromatic rings. The molecule has 0 spiro atoms. The van der Waals surface area contributed by atoms with E-state index in [0.29, 0.717) is 16.7 Å². The summed E-state index contributed by atoms with van der Waals surface area (Å²) in [6, 6.07) is 15.7. The van der Waals surface area contributed by atoms with Crippen molar-refractivity contribution in [3.63, 3.8) is 0 Å². The number of rotatable bonds is 4. The van der Waals surface area contributed by atoms with Gasteiger partial charge in [0.25, 0.3) is 0 Å². The molecule has 24 heavy (non-hydrogen) atoms. The average molecular weight is 360 g/mol. The summed E-state index contributed by atoms with van der Waals surface area (Å²) in [7, 11) is 0. The number of carbonyl (C=O) groups is 1. The number of hydrogen-bond acceptors (Lipinski definition) is 2. The van der Waals surface area contributed by atoms with Crippen LogP contribution in [0.1, 0.15) is 36.3 Å². The van der Waals surface area contributed by atoms with Crippen LogP contribution in [-0.4, -0.2) is 18.4 Å². The van der Waals surface area contributed by atoms with Gasteiger partial charge in [0.05, 0.1) is 11.5 Å². The summed E-state index contributed by atoms with van der Waals surface area (Å²) in [5.74, 6) is 0.707. The fraction of sp³-hybridized carbons (Fsp3) is 0.350. The van der Waals surface area contributed by atoms with Crippen LogP contribution in [0.15, 0.2) is 48.5 Å². The number of benzene rings is 2. The van der Waals surface area contributed by atoms with E-state index in [9.17, 15) is 4.79 Å². The van der Waals surface area contributed by atoms with Crippen LogP contribution in [0.3, 0.4) is 0 Å². The van der Waals surface area contributed by atoms with Gasteiger partial charge < -0.3 is 5.32 Å². The lowest BCUT2D eigenvalue weighted by Crippen LogP contribution is -2.38. The number of halogens is 2. The number of Topliss-reactive ketones (excluding diaryl/α,β-unsaturated/α-hetero) is 1. The summed E-state index contributed by atoms with van der Waals surface area (Å²) in [5, 5.41) is 4.90. The predicted octanol–water partition coefficient (Wildman–Crippen LogP) is 4.74. The zero-order valence-corrected chi connectivity index (χ0v) is 14.8. The van der Waals surface area contributed by atoms with E-state index < -0.39 is 0 Å². The SMILES string of the molecule is O=C(C1CC(c2ccc(Cl)cc2)CN1)C1(c2ccc(Cl)cc2)CC1. The molecular weight excluding hydrogens is 341 g/mol. The highest BCUT2D eigenvalue weighted by molar-refractivity contribution is 6.30. The van der Waals surface area contributed by atoms with Gasteiger partial charge in [-0.25, -0.2) is 0 Å². The van der Waals surface area contributed by atoms with Gasteiger partial charge in [-0.15, -0.1) is 0 Å². The molecule has 1 saturated heterocycles. The molecule has 1 saturated carbocycles. The Bertz CT molecular complexity index is 750. The Hall–Kier alpha value is -1.35. The molecule has 2 aliphatic rings. The first-order valence-corrected chi connectivity index (χ1v) is 9.13. The van der Waals surface area contributed by atoms with E-state index in [1.54, 1.807) is 0 Å². The van der Waals surface area contributed by atoms with Crippen molar-refractivity contribution in [3.05, 3.63) is 69.7 Å². The lowest BCUT2D eigenvalue weighted by atomic mass is 9.85. The molecule has 0 radical (unpaired) electrons. The molecule has 2 fully saturated rings. The molecule has 2 nitrogen and oxygen atoms in total. The van der Waals surface area contributed by atoms with Crippen LogP contribution in [-0.2, 0) is 10.2 Å². The minimum absolute atomic E-state index is 0.0659. The van der Waals surface area contributed by atoms with E-state index in [0.717, 1.165) is 36.4 Å². The Kier molecular flexibility index (Phi) is 4.16. The van der Waals surface area contributed by atoms with Crippen molar-refractivity contribution in [1.82, 2.24) is 5.32 Å². The summed E-state index contributed by atoms with van der Waals surface area (Å²) < 4.78 is 0. The maximum absolute atomic E-state index is 13.1. The minimum atomic E-state index is -0.295. The number of nitrogens with one attached hydrogen (secondary N) is 1. The Morgan fingerprint density at radius 3 is 2.12 bits per heavy atom. The Balaban J connectivity index is 1.49. The molecule has 1 N–H and O–H groups in total. The standard InChI is InChI=1S/C20H19Cl2NO/c21-16-5-1-13(2-6-16)14-11-18(23-12-14)19(24)20(9-10-20)15-3-7-17(22)8-4-15/h1-8,14,18,23H,9-12H2. The minimum Gasteiger partial charge on any atom is -0.307 e. The topological polar surface area (TPSA) is 29.1 Å². The van der Waals surface area contributed by atoms with Gasteiger partial charge in [-0.05, 0) is 60.6 Å². The Morgan fingerprint density at radius 1 is 0.958 bits per heavy atom. The third-order valence-corrected chi connectivity index (χ3v) is 5.91. The van der Waals surface area contributed by atoms with Gasteiger partial charge in [-0.2, -0.15) is 0 Å². The van der Waals surface area contributed by atoms with E-state index in [-0.39, 0.29) is 11.5 Å². The summed E-state index contributed by atoms with van der Waals surface area (Å²) >= 11 is 11.9. The molecule has 2 atom stereocenters. The fourth-order valence-electron chi connectivity index (χ4n) is 3.83. The van der Waals surface area contributed by atoms with Gasteiger partial charge in [-0.1, -0.05) is 47.5 Å². The van der Waals surface area contributed by atoms with Crippen molar-refractivity contribution in [2.24, 2.45) is 0 Å². The Labute approximate surface area is 152 Å². The van der Waals surface area contributed by atoms with Crippen LogP contribution in [0.5, 0.6) is 0 Å². The molecule has 1 heterocycles. The number of hydrogen-bond donors (Lipinski definition) is 1. The van der Waals surface area contributed by atoms with Crippen LogP contribution in [0.4, 0.5) is 0 Å². The highest BCUT2D eigenvalue weighted by Gasteiger charge is 2.53. The summed E-state index contributed by atoms with van der Waals surface area (Å²) in [4.78, 5) is 13.1. The second kappa shape index (κ2) is 6.18. The molecule has 1 aliphatic carbocycles. The van der Waals surface area contributed by atoms with Gasteiger partial charge >= 0.3 is 0 Å². The van der Waals surface area contributed by atoms with Crippen molar-refractivity contribution < 1.29 is 4.79 Å². The number of ketones is 1. The van der Waals surface area contributed by atoms with Crippen LogP contribution in [0.2, 0.25) is 10.0 Å². The Morgan fingerprint density at radius 2 is 1.54 bits per heavy atom. The normalized spacial score (nSPS) is 24.8. The molecule has 4 heteroatoms. The highest BCUT2D eigenvalue weighted by Crippen LogP contribution is 2.50. The van der Waals surface area contributed by atoms with Crippen molar-refractivity contribution >= 4 is 29.0 Å². The average Bonchev–Trinajstić information content (AvgIpc) is 3.25. The summed E-state index contributed by atoms with van der Waals surface area (Å²) in [6.45, 7) is 0.842. The van der Waals surface area contributed by atoms with Crippen molar-refractivity contribution in [1.29, 1.82) is 0 Å². The molecular formula is C20H19Cl2NO. The lowest BCUT2D eigenvalue weighted by molar-refractivity contribution is -0.123. The first-order chi connectivity index (χ1) is 11.6. The van der Waals surface area contributed by atoms with Crippen molar-refractivity contribution in [3.8, 4) is 0 Å². The van der Waals surface area contributed by atoms with Crippen LogP contribution in [0, 0.1) is 0 Å². The largest absolute Gasteiger partial charge is 0.307 e. The molecule has 4 rings (SSSR count). The summed E-state index contributed by atoms with van der Waals surface area (Å²) in [6.07, 6.45) is 2.74. The third kappa shape index (κ3) is 2.88. The first-order valence-electron chi connectivity index (χ1n) is 8.38. The van der Waals surface area contributed by atoms with Crippen molar-refractivity contribution in [2.45, 2.75) is 36.6 Å². The molecule has 124 valence electrons. The number of carbonyl (C=O) groups excluding carboxylic acids is 1. The quantitative estimate of drug-likeness (QED) is 0.853. The second-order valence-electron chi connectivity index (χ2n) is 6.90. The van der Waals surface area contributed by atoms with Gasteiger partial charge in [0.2, 0.25) is 0 Å². The van der Waals surface area contributed by atoms with Gasteiger partial charge in [0.15, 0.2) is 5.78 Å². The lowest BCUT2D eigenvalue weighted by Gasteiger charge is -2.19. The maximum Gasteiger partial charge on any atom is 0.160 e. The highest BCUT2D eigenvalue weighted by atomic mass is 35.5.